The summed E-state index contributed by atoms with van der Waals surface area (Å²) in [5.74, 6) is 0.636. The van der Waals surface area contributed by atoms with Crippen molar-refractivity contribution in [3.63, 3.8) is 0 Å². The summed E-state index contributed by atoms with van der Waals surface area (Å²) >= 11 is 0. The first-order valence-corrected chi connectivity index (χ1v) is 8.15. The van der Waals surface area contributed by atoms with E-state index in [2.05, 4.69) is 30.8 Å². The Kier molecular flexibility index (Phi) is 5.06. The quantitative estimate of drug-likeness (QED) is 0.631. The van der Waals surface area contributed by atoms with Crippen molar-refractivity contribution in [1.29, 1.82) is 0 Å². The molecule has 3 amide bonds. The van der Waals surface area contributed by atoms with Gasteiger partial charge in [-0.3, -0.25) is 15.4 Å². The molecule has 4 N–H and O–H groups in total. The fourth-order valence-electron chi connectivity index (χ4n) is 2.31. The minimum Gasteiger partial charge on any atom is -0.366 e. The molecule has 0 fully saturated rings. The maximum absolute atomic E-state index is 12.1. The second-order valence-electron chi connectivity index (χ2n) is 5.94. The summed E-state index contributed by atoms with van der Waals surface area (Å²) in [6.45, 7) is 4.03. The first-order valence-electron chi connectivity index (χ1n) is 8.15. The van der Waals surface area contributed by atoms with Gasteiger partial charge in [-0.15, -0.1) is 10.2 Å². The van der Waals surface area contributed by atoms with Gasteiger partial charge in [0.15, 0.2) is 5.82 Å². The Labute approximate surface area is 154 Å². The largest absolute Gasteiger partial charge is 0.366 e. The predicted molar refractivity (Wildman–Crippen MR) is 99.0 cm³/mol. The second-order valence-corrected chi connectivity index (χ2v) is 5.94. The Morgan fingerprint density at radius 3 is 2.56 bits per heavy atom. The van der Waals surface area contributed by atoms with Crippen LogP contribution < -0.4 is 16.4 Å². The van der Waals surface area contributed by atoms with Crippen LogP contribution in [-0.2, 0) is 0 Å². The number of nitrogens with one attached hydrogen (secondary N) is 2. The number of urea groups is 1. The van der Waals surface area contributed by atoms with Crippen LogP contribution in [0.5, 0.6) is 0 Å². The van der Waals surface area contributed by atoms with Gasteiger partial charge in [0.25, 0.3) is 0 Å². The minimum absolute atomic E-state index is 0.172. The van der Waals surface area contributed by atoms with Crippen LogP contribution in [0.15, 0.2) is 42.9 Å². The van der Waals surface area contributed by atoms with Gasteiger partial charge in [-0.25, -0.2) is 14.8 Å². The van der Waals surface area contributed by atoms with Gasteiger partial charge in [-0.1, -0.05) is 6.07 Å². The van der Waals surface area contributed by atoms with E-state index in [0.717, 1.165) is 0 Å². The Balaban J connectivity index is 1.71. The van der Waals surface area contributed by atoms with E-state index < -0.39 is 11.9 Å². The summed E-state index contributed by atoms with van der Waals surface area (Å²) in [6.07, 6.45) is 2.92. The van der Waals surface area contributed by atoms with Crippen molar-refractivity contribution in [3.05, 3.63) is 48.4 Å². The van der Waals surface area contributed by atoms with Gasteiger partial charge in [0.1, 0.15) is 23.7 Å². The van der Waals surface area contributed by atoms with Crippen molar-refractivity contribution in [2.75, 3.05) is 10.6 Å². The molecular formula is C17H18N8O2. The summed E-state index contributed by atoms with van der Waals surface area (Å²) in [4.78, 5) is 31.5. The van der Waals surface area contributed by atoms with Crippen LogP contribution in [0.25, 0.3) is 11.5 Å². The van der Waals surface area contributed by atoms with Crippen molar-refractivity contribution in [2.45, 2.75) is 19.9 Å². The molecule has 0 saturated carbocycles. The van der Waals surface area contributed by atoms with Gasteiger partial charge in [-0.2, -0.15) is 0 Å². The molecule has 10 nitrogen and oxygen atoms in total. The number of pyridine rings is 2. The van der Waals surface area contributed by atoms with E-state index in [1.54, 1.807) is 24.5 Å². The van der Waals surface area contributed by atoms with Crippen molar-refractivity contribution in [1.82, 2.24) is 24.7 Å². The lowest BCUT2D eigenvalue weighted by Gasteiger charge is -2.11. The SMILES string of the molecule is CC(C)n1cnnc1-c1cccc(NC(=O)Nc2ccc(C(N)=O)cn2)n1. The van der Waals surface area contributed by atoms with Crippen LogP contribution in [0, 0.1) is 0 Å². The number of hydrogen-bond donors (Lipinski definition) is 3. The fourth-order valence-corrected chi connectivity index (χ4v) is 2.31. The topological polar surface area (TPSA) is 141 Å². The Hall–Kier alpha value is -3.82. The van der Waals surface area contributed by atoms with Crippen molar-refractivity contribution >= 4 is 23.6 Å². The molecule has 0 unspecified atom stereocenters. The van der Waals surface area contributed by atoms with Crippen LogP contribution in [0.4, 0.5) is 16.4 Å². The summed E-state index contributed by atoms with van der Waals surface area (Å²) < 4.78 is 1.89. The van der Waals surface area contributed by atoms with E-state index in [4.69, 9.17) is 5.73 Å². The minimum atomic E-state index is -0.589. The molecule has 0 aromatic carbocycles. The third kappa shape index (κ3) is 4.24. The van der Waals surface area contributed by atoms with Gasteiger partial charge >= 0.3 is 6.03 Å². The number of amides is 3. The van der Waals surface area contributed by atoms with Crippen LogP contribution in [0.2, 0.25) is 0 Å². The third-order valence-electron chi connectivity index (χ3n) is 3.64. The number of nitrogens with zero attached hydrogens (tertiary/aromatic N) is 5. The van der Waals surface area contributed by atoms with E-state index >= 15 is 0 Å². The number of rotatable bonds is 5. The van der Waals surface area contributed by atoms with Crippen LogP contribution in [0.3, 0.4) is 0 Å². The van der Waals surface area contributed by atoms with Crippen molar-refractivity contribution < 1.29 is 9.59 Å². The monoisotopic (exact) mass is 366 g/mol. The number of aromatic nitrogens is 5. The smallest absolute Gasteiger partial charge is 0.326 e. The molecule has 0 aliphatic heterocycles. The van der Waals surface area contributed by atoms with E-state index in [1.807, 2.05) is 18.4 Å². The van der Waals surface area contributed by atoms with Crippen molar-refractivity contribution in [2.24, 2.45) is 5.73 Å². The van der Waals surface area contributed by atoms with Crippen LogP contribution in [0.1, 0.15) is 30.2 Å². The average molecular weight is 366 g/mol. The van der Waals surface area contributed by atoms with E-state index in [-0.39, 0.29) is 17.4 Å². The second kappa shape index (κ2) is 7.60. The molecule has 0 atom stereocenters. The molecule has 3 aromatic rings. The average Bonchev–Trinajstić information content (AvgIpc) is 3.12. The lowest BCUT2D eigenvalue weighted by molar-refractivity contribution is 0.1000. The zero-order valence-electron chi connectivity index (χ0n) is 14.7. The van der Waals surface area contributed by atoms with Gasteiger partial charge in [0.2, 0.25) is 5.91 Å². The molecule has 10 heteroatoms. The number of hydrogen-bond acceptors (Lipinski definition) is 6. The van der Waals surface area contributed by atoms with Crippen molar-refractivity contribution in [3.8, 4) is 11.5 Å². The Morgan fingerprint density at radius 2 is 1.89 bits per heavy atom. The lowest BCUT2D eigenvalue weighted by Crippen LogP contribution is -2.21. The molecule has 0 bridgehead atoms. The molecule has 3 aromatic heterocycles. The fraction of sp³-hybridized carbons (Fsp3) is 0.176. The van der Waals surface area contributed by atoms with Gasteiger partial charge < -0.3 is 10.3 Å². The molecule has 0 radical (unpaired) electrons. The van der Waals surface area contributed by atoms with Gasteiger partial charge in [0.05, 0.1) is 5.56 Å². The third-order valence-corrected chi connectivity index (χ3v) is 3.64. The molecule has 3 rings (SSSR count). The molecule has 0 aliphatic rings. The molecule has 27 heavy (non-hydrogen) atoms. The highest BCUT2D eigenvalue weighted by Gasteiger charge is 2.12. The normalized spacial score (nSPS) is 10.6. The van der Waals surface area contributed by atoms with Crippen LogP contribution >= 0.6 is 0 Å². The van der Waals surface area contributed by atoms with E-state index in [0.29, 0.717) is 17.3 Å². The van der Waals surface area contributed by atoms with Gasteiger partial charge in [-0.05, 0) is 38.1 Å². The molecule has 0 saturated heterocycles. The summed E-state index contributed by atoms with van der Waals surface area (Å²) in [7, 11) is 0. The predicted octanol–water partition coefficient (Wildman–Crippen LogP) is 2.06. The number of carbonyl (C=O) groups excluding carboxylic acids is 2. The summed E-state index contributed by atoms with van der Waals surface area (Å²) in [5, 5.41) is 13.2. The molecule has 0 aliphatic carbocycles. The number of nitrogens with two attached hydrogens (primary N) is 1. The number of anilines is 2. The molecular weight excluding hydrogens is 348 g/mol. The van der Waals surface area contributed by atoms with E-state index in [1.165, 1.54) is 18.3 Å². The first kappa shape index (κ1) is 18.0. The zero-order valence-corrected chi connectivity index (χ0v) is 14.7. The maximum atomic E-state index is 12.1. The highest BCUT2D eigenvalue weighted by Crippen LogP contribution is 2.19. The van der Waals surface area contributed by atoms with Gasteiger partial charge in [0, 0.05) is 12.2 Å². The molecule has 3 heterocycles. The zero-order chi connectivity index (χ0) is 19.4. The highest BCUT2D eigenvalue weighted by atomic mass is 16.2. The molecule has 0 spiro atoms. The first-order chi connectivity index (χ1) is 12.9. The summed E-state index contributed by atoms with van der Waals surface area (Å²) in [5.41, 5.74) is 5.99. The number of carbonyl (C=O) groups is 2. The maximum Gasteiger partial charge on any atom is 0.326 e. The Morgan fingerprint density at radius 1 is 1.11 bits per heavy atom. The van der Waals surface area contributed by atoms with E-state index in [9.17, 15) is 9.59 Å². The molecule has 138 valence electrons. The Bertz CT molecular complexity index is 965. The number of primary amides is 1. The lowest BCUT2D eigenvalue weighted by atomic mass is 10.3. The van der Waals surface area contributed by atoms with Crippen LogP contribution in [-0.4, -0.2) is 36.7 Å². The highest BCUT2D eigenvalue weighted by molar-refractivity contribution is 5.99. The summed E-state index contributed by atoms with van der Waals surface area (Å²) in [6, 6.07) is 7.81. The standard InChI is InChI=1S/C17H18N8O2/c1-10(2)25-9-20-24-16(25)12-4-3-5-14(21-12)23-17(27)22-13-7-6-11(8-19-13)15(18)26/h3-10H,1-2H3,(H2,18,26)(H2,19,21,22,23,27).